The van der Waals surface area contributed by atoms with Gasteiger partial charge in [0, 0.05) is 10.7 Å². The van der Waals surface area contributed by atoms with Crippen LogP contribution >= 0.6 is 19.2 Å². The van der Waals surface area contributed by atoms with Crippen molar-refractivity contribution in [3.05, 3.63) is 65.7 Å². The van der Waals surface area contributed by atoms with Crippen molar-refractivity contribution in [3.63, 3.8) is 0 Å². The predicted octanol–water partition coefficient (Wildman–Crippen LogP) is 3.74. The summed E-state index contributed by atoms with van der Waals surface area (Å²) in [6, 6.07) is 17.6. The van der Waals surface area contributed by atoms with Crippen LogP contribution in [-0.4, -0.2) is 19.3 Å². The molecule has 126 valence electrons. The summed E-state index contributed by atoms with van der Waals surface area (Å²) in [7, 11) is -4.47. The number of fused-ring (bicyclic) bond motifs is 1. The molecule has 0 aliphatic rings. The van der Waals surface area contributed by atoms with E-state index in [0.717, 1.165) is 11.2 Å². The highest BCUT2D eigenvalue weighted by Gasteiger charge is 2.24. The zero-order chi connectivity index (χ0) is 17.6. The largest absolute Gasteiger partial charge is 0.445 e. The van der Waals surface area contributed by atoms with Crippen LogP contribution in [0.1, 0.15) is 0 Å². The Morgan fingerprint density at radius 3 is 2.48 bits per heavy atom. The Kier molecular flexibility index (Phi) is 3.78. The lowest BCUT2D eigenvalue weighted by atomic mass is 10.2. The number of furan rings is 1. The number of hydrogen-bond acceptors (Lipinski definition) is 3. The van der Waals surface area contributed by atoms with Gasteiger partial charge in [-0.25, -0.2) is 4.98 Å². The second-order valence-corrected chi connectivity index (χ2v) is 7.39. The molecule has 0 aliphatic heterocycles. The molecule has 0 unspecified atom stereocenters. The minimum absolute atomic E-state index is 0.259. The number of benzene rings is 2. The molecule has 0 amide bonds. The molecular weight excluding hydrogens is 363 g/mol. The van der Waals surface area contributed by atoms with E-state index in [4.69, 9.17) is 16.0 Å². The molecule has 2 heterocycles. The van der Waals surface area contributed by atoms with Gasteiger partial charge in [0.25, 0.3) is 0 Å². The average Bonchev–Trinajstić information content (AvgIpc) is 3.19. The number of halogens is 1. The average molecular weight is 375 g/mol. The zero-order valence-corrected chi connectivity index (χ0v) is 14.4. The van der Waals surface area contributed by atoms with Gasteiger partial charge in [-0.15, -0.1) is 0 Å². The molecule has 0 atom stereocenters. The van der Waals surface area contributed by atoms with Gasteiger partial charge < -0.3 is 14.2 Å². The first-order chi connectivity index (χ1) is 11.9. The third-order valence-corrected chi connectivity index (χ3v) is 4.78. The Morgan fingerprint density at radius 1 is 1.04 bits per heavy atom. The maximum atomic E-state index is 11.4. The van der Waals surface area contributed by atoms with Crippen molar-refractivity contribution >= 4 is 35.7 Å². The molecular formula is C17H12ClN2O4P. The summed E-state index contributed by atoms with van der Waals surface area (Å²) in [6.07, 6.45) is 0. The summed E-state index contributed by atoms with van der Waals surface area (Å²) in [6.45, 7) is 0. The maximum absolute atomic E-state index is 11.4. The molecule has 4 rings (SSSR count). The van der Waals surface area contributed by atoms with E-state index in [1.807, 2.05) is 41.0 Å². The van der Waals surface area contributed by atoms with E-state index in [-0.39, 0.29) is 5.76 Å². The summed E-state index contributed by atoms with van der Waals surface area (Å²) in [5, 5.41) is 0.548. The van der Waals surface area contributed by atoms with Gasteiger partial charge in [0.05, 0.1) is 11.0 Å². The molecule has 2 aromatic heterocycles. The lowest BCUT2D eigenvalue weighted by Crippen LogP contribution is -1.99. The van der Waals surface area contributed by atoms with Gasteiger partial charge in [-0.3, -0.25) is 9.13 Å². The van der Waals surface area contributed by atoms with E-state index in [0.29, 0.717) is 16.4 Å². The standard InChI is InChI=1S/C17H12ClN2O4P/c18-11-6-7-14-13(10-11)19-17(20(14)12-4-2-1-3-5-12)15-8-9-16(24-15)25(21,22)23/h1-10H,(H2,21,22,23). The van der Waals surface area contributed by atoms with E-state index in [9.17, 15) is 14.4 Å². The molecule has 4 aromatic rings. The summed E-state index contributed by atoms with van der Waals surface area (Å²) in [5.74, 6) is 0.692. The highest BCUT2D eigenvalue weighted by Crippen LogP contribution is 2.36. The summed E-state index contributed by atoms with van der Waals surface area (Å²) in [4.78, 5) is 23.1. The molecule has 2 aromatic carbocycles. The first-order valence-electron chi connectivity index (χ1n) is 7.33. The summed E-state index contributed by atoms with van der Waals surface area (Å²) >= 11 is 6.06. The molecule has 0 saturated heterocycles. The smallest absolute Gasteiger partial charge is 0.391 e. The van der Waals surface area contributed by atoms with E-state index >= 15 is 0 Å². The minimum Gasteiger partial charge on any atom is -0.445 e. The van der Waals surface area contributed by atoms with Crippen LogP contribution in [0, 0.1) is 0 Å². The molecule has 8 heteroatoms. The Morgan fingerprint density at radius 2 is 1.80 bits per heavy atom. The van der Waals surface area contributed by atoms with Gasteiger partial charge in [-0.1, -0.05) is 29.8 Å². The SMILES string of the molecule is O=P(O)(O)c1ccc(-c2nc3cc(Cl)ccc3n2-c2ccccc2)o1. The Bertz CT molecular complexity index is 1110. The third-order valence-electron chi connectivity index (χ3n) is 3.73. The van der Waals surface area contributed by atoms with E-state index in [1.165, 1.54) is 12.1 Å². The fourth-order valence-corrected chi connectivity index (χ4v) is 3.31. The third kappa shape index (κ3) is 2.90. The number of imidazole rings is 1. The van der Waals surface area contributed by atoms with Crippen LogP contribution in [0.15, 0.2) is 65.1 Å². The van der Waals surface area contributed by atoms with Crippen molar-refractivity contribution in [1.82, 2.24) is 9.55 Å². The van der Waals surface area contributed by atoms with Crippen molar-refractivity contribution in [2.45, 2.75) is 0 Å². The number of para-hydroxylation sites is 1. The predicted molar refractivity (Wildman–Crippen MR) is 95.5 cm³/mol. The number of aromatic nitrogens is 2. The number of hydrogen-bond donors (Lipinski definition) is 2. The van der Waals surface area contributed by atoms with Gasteiger partial charge >= 0.3 is 7.60 Å². The fourth-order valence-electron chi connectivity index (χ4n) is 2.66. The molecule has 0 bridgehead atoms. The molecule has 0 saturated carbocycles. The van der Waals surface area contributed by atoms with Gasteiger partial charge in [-0.05, 0) is 42.5 Å². The maximum Gasteiger partial charge on any atom is 0.391 e. The molecule has 0 spiro atoms. The second-order valence-electron chi connectivity index (χ2n) is 5.42. The Balaban J connectivity index is 2.00. The van der Waals surface area contributed by atoms with Crippen LogP contribution < -0.4 is 5.50 Å². The highest BCUT2D eigenvalue weighted by atomic mass is 35.5. The molecule has 25 heavy (non-hydrogen) atoms. The van der Waals surface area contributed by atoms with Gasteiger partial charge in [-0.2, -0.15) is 0 Å². The summed E-state index contributed by atoms with van der Waals surface area (Å²) < 4.78 is 18.6. The molecule has 6 nitrogen and oxygen atoms in total. The van der Waals surface area contributed by atoms with Gasteiger partial charge in [0.2, 0.25) is 5.50 Å². The lowest BCUT2D eigenvalue weighted by molar-refractivity contribution is 0.377. The normalized spacial score (nSPS) is 12.0. The summed E-state index contributed by atoms with van der Waals surface area (Å²) in [5.41, 5.74) is 1.91. The topological polar surface area (TPSA) is 88.5 Å². The monoisotopic (exact) mass is 374 g/mol. The van der Waals surface area contributed by atoms with E-state index < -0.39 is 13.1 Å². The molecule has 2 N–H and O–H groups in total. The molecule has 0 fully saturated rings. The van der Waals surface area contributed by atoms with Crippen molar-refractivity contribution in [1.29, 1.82) is 0 Å². The zero-order valence-electron chi connectivity index (χ0n) is 12.7. The van der Waals surface area contributed by atoms with Crippen molar-refractivity contribution in [3.8, 4) is 17.3 Å². The fraction of sp³-hybridized carbons (Fsp3) is 0. The van der Waals surface area contributed by atoms with Gasteiger partial charge in [0.1, 0.15) is 0 Å². The minimum atomic E-state index is -4.47. The van der Waals surface area contributed by atoms with Crippen LogP contribution in [0.25, 0.3) is 28.3 Å². The molecule has 0 aliphatic carbocycles. The van der Waals surface area contributed by atoms with E-state index in [1.54, 1.807) is 12.1 Å². The van der Waals surface area contributed by atoms with Crippen molar-refractivity contribution in [2.24, 2.45) is 0 Å². The Labute approximate surface area is 147 Å². The number of nitrogens with zero attached hydrogens (tertiary/aromatic N) is 2. The van der Waals surface area contributed by atoms with Crippen LogP contribution in [0.5, 0.6) is 0 Å². The van der Waals surface area contributed by atoms with Crippen LogP contribution in [-0.2, 0) is 4.57 Å². The lowest BCUT2D eigenvalue weighted by Gasteiger charge is -2.07. The van der Waals surface area contributed by atoms with Crippen LogP contribution in [0.2, 0.25) is 5.02 Å². The van der Waals surface area contributed by atoms with Crippen LogP contribution in [0.4, 0.5) is 0 Å². The quantitative estimate of drug-likeness (QED) is 0.533. The Hall–Kier alpha value is -2.37. The van der Waals surface area contributed by atoms with Crippen molar-refractivity contribution < 1.29 is 18.8 Å². The highest BCUT2D eigenvalue weighted by molar-refractivity contribution is 7.59. The van der Waals surface area contributed by atoms with Crippen LogP contribution in [0.3, 0.4) is 0 Å². The first-order valence-corrected chi connectivity index (χ1v) is 9.32. The first kappa shape index (κ1) is 16.1. The van der Waals surface area contributed by atoms with Crippen molar-refractivity contribution in [2.75, 3.05) is 0 Å². The second kappa shape index (κ2) is 5.86. The number of rotatable bonds is 3. The molecule has 0 radical (unpaired) electrons. The van der Waals surface area contributed by atoms with Gasteiger partial charge in [0.15, 0.2) is 11.6 Å². The van der Waals surface area contributed by atoms with E-state index in [2.05, 4.69) is 4.98 Å².